The van der Waals surface area contributed by atoms with Crippen LogP contribution in [0.2, 0.25) is 10.0 Å². The van der Waals surface area contributed by atoms with Gasteiger partial charge < -0.3 is 21.7 Å². The van der Waals surface area contributed by atoms with E-state index in [1.165, 1.54) is 10.8 Å². The summed E-state index contributed by atoms with van der Waals surface area (Å²) in [5, 5.41) is 13.1. The van der Waals surface area contributed by atoms with E-state index in [4.69, 9.17) is 28.9 Å². The van der Waals surface area contributed by atoms with Crippen molar-refractivity contribution < 1.29 is 9.59 Å². The van der Waals surface area contributed by atoms with Gasteiger partial charge in [0, 0.05) is 29.7 Å². The number of amides is 3. The number of fused-ring (bicyclic) bond motifs is 1. The number of hydrogen-bond donors (Lipinski definition) is 4. The minimum Gasteiger partial charge on any atom is -0.382 e. The van der Waals surface area contributed by atoms with Gasteiger partial charge in [0.05, 0.1) is 15.6 Å². The number of carbonyl (C=O) groups excluding carboxylic acids is 2. The Morgan fingerprint density at radius 2 is 1.73 bits per heavy atom. The Morgan fingerprint density at radius 3 is 2.42 bits per heavy atom. The first-order valence-corrected chi connectivity index (χ1v) is 10.7. The summed E-state index contributed by atoms with van der Waals surface area (Å²) in [6.45, 7) is 2.31. The summed E-state index contributed by atoms with van der Waals surface area (Å²) >= 11 is 11.9. The van der Waals surface area contributed by atoms with Crippen LogP contribution in [0.3, 0.4) is 0 Å². The molecule has 0 atom stereocenters. The van der Waals surface area contributed by atoms with Crippen molar-refractivity contribution in [1.82, 2.24) is 19.9 Å². The van der Waals surface area contributed by atoms with Crippen molar-refractivity contribution >= 4 is 57.8 Å². The Labute approximate surface area is 198 Å². The number of nitrogens with one attached hydrogen (secondary N) is 3. The number of hydrogen-bond acceptors (Lipinski definition) is 5. The van der Waals surface area contributed by atoms with Gasteiger partial charge in [-0.2, -0.15) is 5.10 Å². The second-order valence-electron chi connectivity index (χ2n) is 7.00. The number of aromatic nitrogens is 3. The van der Waals surface area contributed by atoms with Gasteiger partial charge in [0.2, 0.25) is 0 Å². The van der Waals surface area contributed by atoms with Gasteiger partial charge in [0.1, 0.15) is 11.8 Å². The summed E-state index contributed by atoms with van der Waals surface area (Å²) in [5.74, 6) is -0.000595. The minimum atomic E-state index is -0.448. The van der Waals surface area contributed by atoms with Crippen molar-refractivity contribution in [3.05, 3.63) is 70.6 Å². The molecule has 4 rings (SSSR count). The Morgan fingerprint density at radius 1 is 1.03 bits per heavy atom. The van der Waals surface area contributed by atoms with E-state index in [9.17, 15) is 9.59 Å². The molecule has 33 heavy (non-hydrogen) atoms. The summed E-state index contributed by atoms with van der Waals surface area (Å²) in [4.78, 5) is 29.0. The fourth-order valence-corrected chi connectivity index (χ4v) is 3.64. The van der Waals surface area contributed by atoms with Crippen LogP contribution >= 0.6 is 23.2 Å². The van der Waals surface area contributed by atoms with E-state index in [2.05, 4.69) is 26.0 Å². The smallest absolute Gasteiger partial charge is 0.323 e. The summed E-state index contributed by atoms with van der Waals surface area (Å²) in [5.41, 5.74) is 9.39. The zero-order chi connectivity index (χ0) is 23.5. The predicted molar refractivity (Wildman–Crippen MR) is 130 cm³/mol. The highest BCUT2D eigenvalue weighted by atomic mass is 35.5. The van der Waals surface area contributed by atoms with E-state index in [0.717, 1.165) is 5.56 Å². The van der Waals surface area contributed by atoms with E-state index in [1.807, 2.05) is 6.92 Å². The number of carbonyl (C=O) groups is 2. The van der Waals surface area contributed by atoms with Crippen molar-refractivity contribution in [2.24, 2.45) is 0 Å². The van der Waals surface area contributed by atoms with Gasteiger partial charge in [-0.15, -0.1) is 0 Å². The maximum Gasteiger partial charge on any atom is 0.323 e. The minimum absolute atomic E-state index is 0.249. The molecule has 0 aliphatic rings. The van der Waals surface area contributed by atoms with Crippen LogP contribution in [0.25, 0.3) is 16.6 Å². The average Bonchev–Trinajstić information content (AvgIpc) is 3.18. The van der Waals surface area contributed by atoms with Crippen LogP contribution in [0.4, 0.5) is 22.0 Å². The Kier molecular flexibility index (Phi) is 6.34. The molecule has 2 aromatic heterocycles. The van der Waals surface area contributed by atoms with Crippen LogP contribution in [0.5, 0.6) is 0 Å². The number of halogens is 2. The molecule has 0 radical (unpaired) electrons. The maximum absolute atomic E-state index is 12.7. The van der Waals surface area contributed by atoms with Gasteiger partial charge in [0.25, 0.3) is 5.91 Å². The molecule has 0 saturated heterocycles. The molecule has 9 nitrogen and oxygen atoms in total. The Bertz CT molecular complexity index is 1350. The molecule has 2 aromatic carbocycles. The monoisotopic (exact) mass is 483 g/mol. The zero-order valence-electron chi connectivity index (χ0n) is 17.4. The van der Waals surface area contributed by atoms with Gasteiger partial charge in [-0.3, -0.25) is 4.79 Å². The molecular formula is C22H19Cl2N7O2. The normalized spacial score (nSPS) is 10.8. The summed E-state index contributed by atoms with van der Waals surface area (Å²) in [6.07, 6.45) is 2.94. The van der Waals surface area contributed by atoms with Crippen molar-refractivity contribution in [3.63, 3.8) is 0 Å². The molecule has 0 spiro atoms. The molecule has 0 fully saturated rings. The summed E-state index contributed by atoms with van der Waals surface area (Å²) in [6, 6.07) is 11.3. The van der Waals surface area contributed by atoms with Crippen LogP contribution in [-0.2, 0) is 0 Å². The van der Waals surface area contributed by atoms with Gasteiger partial charge in [0.15, 0.2) is 5.82 Å². The maximum atomic E-state index is 12.7. The van der Waals surface area contributed by atoms with E-state index in [-0.39, 0.29) is 11.7 Å². The molecule has 0 unspecified atom stereocenters. The van der Waals surface area contributed by atoms with Crippen LogP contribution in [0.1, 0.15) is 17.3 Å². The summed E-state index contributed by atoms with van der Waals surface area (Å²) < 4.78 is 1.53. The van der Waals surface area contributed by atoms with Crippen LogP contribution in [0.15, 0.2) is 55.0 Å². The van der Waals surface area contributed by atoms with E-state index >= 15 is 0 Å². The van der Waals surface area contributed by atoms with E-state index in [0.29, 0.717) is 44.6 Å². The van der Waals surface area contributed by atoms with Gasteiger partial charge >= 0.3 is 6.03 Å². The summed E-state index contributed by atoms with van der Waals surface area (Å²) in [7, 11) is 0. The van der Waals surface area contributed by atoms with Crippen LogP contribution in [-0.4, -0.2) is 33.1 Å². The number of anilines is 3. The highest BCUT2D eigenvalue weighted by Crippen LogP contribution is 2.33. The van der Waals surface area contributed by atoms with Crippen molar-refractivity contribution in [2.45, 2.75) is 6.92 Å². The van der Waals surface area contributed by atoms with Gasteiger partial charge in [-0.05, 0) is 42.8 Å². The number of nitrogen functional groups attached to an aromatic ring is 1. The lowest BCUT2D eigenvalue weighted by Crippen LogP contribution is -2.22. The first-order valence-electron chi connectivity index (χ1n) is 9.91. The first-order chi connectivity index (χ1) is 15.9. The average molecular weight is 484 g/mol. The highest BCUT2D eigenvalue weighted by molar-refractivity contribution is 6.42. The number of nitrogens with two attached hydrogens (primary N) is 1. The third kappa shape index (κ3) is 4.69. The molecule has 3 amide bonds. The molecule has 0 aliphatic carbocycles. The second-order valence-corrected chi connectivity index (χ2v) is 7.82. The van der Waals surface area contributed by atoms with E-state index < -0.39 is 6.03 Å². The topological polar surface area (TPSA) is 126 Å². The zero-order valence-corrected chi connectivity index (χ0v) is 18.9. The predicted octanol–water partition coefficient (Wildman–Crippen LogP) is 4.68. The standard InChI is InChI=1S/C22H19Cl2N7O2/c1-2-26-21(32)15-10-31-19(20(25)27-11-28-31)18(15)12-3-5-13(6-4-12)29-22(33)30-14-7-8-16(23)17(24)9-14/h3-11H,2H2,1H3,(H,26,32)(H2,25,27,28)(H2,29,30,33). The quantitative estimate of drug-likeness (QED) is 0.327. The van der Waals surface area contributed by atoms with Crippen molar-refractivity contribution in [2.75, 3.05) is 22.9 Å². The van der Waals surface area contributed by atoms with Gasteiger partial charge in [-0.1, -0.05) is 35.3 Å². The molecular weight excluding hydrogens is 465 g/mol. The number of nitrogens with zero attached hydrogens (tertiary/aromatic N) is 3. The molecule has 168 valence electrons. The SMILES string of the molecule is CCNC(=O)c1cn2ncnc(N)c2c1-c1ccc(NC(=O)Nc2ccc(Cl)c(Cl)c2)cc1. The molecule has 0 bridgehead atoms. The number of urea groups is 1. The second kappa shape index (κ2) is 9.35. The lowest BCUT2D eigenvalue weighted by molar-refractivity contribution is 0.0956. The molecule has 5 N–H and O–H groups in total. The lowest BCUT2D eigenvalue weighted by atomic mass is 10.0. The van der Waals surface area contributed by atoms with Crippen LogP contribution < -0.4 is 21.7 Å². The van der Waals surface area contributed by atoms with Crippen molar-refractivity contribution in [3.8, 4) is 11.1 Å². The number of rotatable bonds is 5. The molecule has 11 heteroatoms. The van der Waals surface area contributed by atoms with Crippen molar-refractivity contribution in [1.29, 1.82) is 0 Å². The van der Waals surface area contributed by atoms with Crippen LogP contribution in [0, 0.1) is 0 Å². The Hall–Kier alpha value is -3.82. The third-order valence-corrected chi connectivity index (χ3v) is 5.53. The highest BCUT2D eigenvalue weighted by Gasteiger charge is 2.21. The van der Waals surface area contributed by atoms with Gasteiger partial charge in [-0.25, -0.2) is 14.3 Å². The third-order valence-electron chi connectivity index (χ3n) is 4.79. The molecule has 2 heterocycles. The molecule has 4 aromatic rings. The fourth-order valence-electron chi connectivity index (χ4n) is 3.34. The first kappa shape index (κ1) is 22.4. The molecule has 0 saturated carbocycles. The largest absolute Gasteiger partial charge is 0.382 e. The fraction of sp³-hybridized carbons (Fsp3) is 0.0909. The van der Waals surface area contributed by atoms with E-state index in [1.54, 1.807) is 48.7 Å². The number of benzene rings is 2. The Balaban J connectivity index is 1.60. The lowest BCUT2D eigenvalue weighted by Gasteiger charge is -2.10. The molecule has 0 aliphatic heterocycles.